The van der Waals surface area contributed by atoms with Crippen molar-refractivity contribution in [1.82, 2.24) is 5.43 Å². The van der Waals surface area contributed by atoms with Crippen LogP contribution < -0.4 is 5.43 Å². The van der Waals surface area contributed by atoms with Crippen LogP contribution in [0.5, 0.6) is 5.75 Å². The quantitative estimate of drug-likeness (QED) is 0.662. The molecule has 2 aliphatic carbocycles. The minimum Gasteiger partial charge on any atom is -0.507 e. The molecule has 0 aromatic heterocycles. The largest absolute Gasteiger partial charge is 0.507 e. The second-order valence-corrected chi connectivity index (χ2v) is 6.57. The first-order valence-electron chi connectivity index (χ1n) is 7.37. The number of hydrazone groups is 1. The van der Waals surface area contributed by atoms with Gasteiger partial charge in [-0.2, -0.15) is 5.10 Å². The van der Waals surface area contributed by atoms with E-state index in [-0.39, 0.29) is 11.3 Å². The molecule has 1 aromatic carbocycles. The highest BCUT2D eigenvalue weighted by Crippen LogP contribution is 2.48. The molecule has 2 aliphatic rings. The van der Waals surface area contributed by atoms with Gasteiger partial charge in [0, 0.05) is 16.7 Å². The Hall–Kier alpha value is -1.55. The number of benzene rings is 1. The van der Waals surface area contributed by atoms with Crippen LogP contribution in [-0.2, 0) is 0 Å². The van der Waals surface area contributed by atoms with Crippen molar-refractivity contribution in [3.8, 4) is 5.75 Å². The third-order valence-electron chi connectivity index (χ3n) is 4.81. The lowest BCUT2D eigenvalue weighted by molar-refractivity contribution is 0.0951. The molecular weight excluding hydrogens is 288 g/mol. The highest BCUT2D eigenvalue weighted by atomic mass is 35.5. The van der Waals surface area contributed by atoms with E-state index in [0.717, 1.165) is 17.5 Å². The van der Waals surface area contributed by atoms with Gasteiger partial charge in [-0.05, 0) is 56.2 Å². The number of carbonyl (C=O) groups is 1. The van der Waals surface area contributed by atoms with Crippen LogP contribution in [0.1, 0.15) is 43.0 Å². The van der Waals surface area contributed by atoms with Crippen LogP contribution in [0, 0.1) is 17.8 Å². The minimum atomic E-state index is -0.433. The first-order chi connectivity index (χ1) is 10.0. The molecule has 1 aromatic rings. The molecule has 21 heavy (non-hydrogen) atoms. The molecule has 112 valence electrons. The van der Waals surface area contributed by atoms with Crippen molar-refractivity contribution in [2.24, 2.45) is 22.9 Å². The normalized spacial score (nSPS) is 27.9. The molecule has 3 rings (SSSR count). The first kappa shape index (κ1) is 14.4. The first-order valence-corrected chi connectivity index (χ1v) is 7.75. The number of nitrogens with zero attached hydrogens (tertiary/aromatic N) is 1. The summed E-state index contributed by atoms with van der Waals surface area (Å²) in [6, 6.07) is 4.38. The average molecular weight is 307 g/mol. The Balaban J connectivity index is 1.67. The van der Waals surface area contributed by atoms with Crippen molar-refractivity contribution in [3.05, 3.63) is 28.8 Å². The number of fused-ring (bicyclic) bond motifs is 2. The maximum absolute atomic E-state index is 12.1. The molecule has 2 fully saturated rings. The van der Waals surface area contributed by atoms with Gasteiger partial charge in [0.05, 0.1) is 5.56 Å². The molecule has 5 heteroatoms. The van der Waals surface area contributed by atoms with E-state index in [1.807, 2.05) is 6.92 Å². The maximum atomic E-state index is 12.1. The van der Waals surface area contributed by atoms with Gasteiger partial charge in [0.1, 0.15) is 5.75 Å². The van der Waals surface area contributed by atoms with Crippen LogP contribution in [0.2, 0.25) is 5.02 Å². The fourth-order valence-corrected chi connectivity index (χ4v) is 3.90. The Bertz CT molecular complexity index is 600. The van der Waals surface area contributed by atoms with Gasteiger partial charge in [-0.3, -0.25) is 4.79 Å². The zero-order chi connectivity index (χ0) is 15.0. The molecule has 0 radical (unpaired) electrons. The summed E-state index contributed by atoms with van der Waals surface area (Å²) in [5.41, 5.74) is 3.66. The number of carbonyl (C=O) groups excluding carboxylic acids is 1. The zero-order valence-electron chi connectivity index (χ0n) is 12.0. The summed E-state index contributed by atoms with van der Waals surface area (Å²) in [4.78, 5) is 12.1. The van der Waals surface area contributed by atoms with E-state index in [1.54, 1.807) is 0 Å². The number of hydrogen-bond acceptors (Lipinski definition) is 3. The number of phenolic OH excluding ortho intramolecular Hbond substituents is 1. The molecule has 4 nitrogen and oxygen atoms in total. The number of amides is 1. The molecule has 3 atom stereocenters. The van der Waals surface area contributed by atoms with Crippen molar-refractivity contribution in [2.45, 2.75) is 32.6 Å². The monoisotopic (exact) mass is 306 g/mol. The Kier molecular flexibility index (Phi) is 3.89. The Morgan fingerprint density at radius 2 is 2.19 bits per heavy atom. The van der Waals surface area contributed by atoms with Gasteiger partial charge in [-0.25, -0.2) is 5.43 Å². The van der Waals surface area contributed by atoms with E-state index in [1.165, 1.54) is 43.9 Å². The number of nitrogens with one attached hydrogen (secondary N) is 1. The van der Waals surface area contributed by atoms with Crippen LogP contribution in [0.25, 0.3) is 0 Å². The standard InChI is InChI=1S/C16H19ClN2O2/c1-9(13-7-10-2-3-11(13)6-10)18-19-16(21)14-8-12(17)4-5-15(14)20/h4-5,8,10-11,13,20H,2-3,6-7H2,1H3,(H,19,21)/b18-9+. The summed E-state index contributed by atoms with van der Waals surface area (Å²) in [5.74, 6) is 1.55. The van der Waals surface area contributed by atoms with Gasteiger partial charge >= 0.3 is 0 Å². The molecule has 3 unspecified atom stereocenters. The van der Waals surface area contributed by atoms with Crippen LogP contribution in [0.15, 0.2) is 23.3 Å². The van der Waals surface area contributed by atoms with Gasteiger partial charge in [0.25, 0.3) is 5.91 Å². The SMILES string of the molecule is C/C(=N\NC(=O)c1cc(Cl)ccc1O)C1CC2CCC1C2. The average Bonchev–Trinajstić information content (AvgIpc) is 3.09. The number of rotatable bonds is 3. The predicted octanol–water partition coefficient (Wildman–Crippen LogP) is 3.59. The molecule has 2 saturated carbocycles. The third-order valence-corrected chi connectivity index (χ3v) is 5.05. The second kappa shape index (κ2) is 5.68. The lowest BCUT2D eigenvalue weighted by Gasteiger charge is -2.21. The van der Waals surface area contributed by atoms with Gasteiger partial charge in [0.15, 0.2) is 0 Å². The van der Waals surface area contributed by atoms with Gasteiger partial charge in [0.2, 0.25) is 0 Å². The summed E-state index contributed by atoms with van der Waals surface area (Å²) in [5, 5.41) is 14.3. The molecule has 0 spiro atoms. The number of aromatic hydroxyl groups is 1. The van der Waals surface area contributed by atoms with Crippen LogP contribution in [0.3, 0.4) is 0 Å². The van der Waals surface area contributed by atoms with Crippen LogP contribution >= 0.6 is 11.6 Å². The summed E-state index contributed by atoms with van der Waals surface area (Å²) in [7, 11) is 0. The number of halogens is 1. The summed E-state index contributed by atoms with van der Waals surface area (Å²) in [6.45, 7) is 1.98. The van der Waals surface area contributed by atoms with E-state index in [2.05, 4.69) is 10.5 Å². The predicted molar refractivity (Wildman–Crippen MR) is 82.6 cm³/mol. The van der Waals surface area contributed by atoms with Crippen molar-refractivity contribution in [3.63, 3.8) is 0 Å². The van der Waals surface area contributed by atoms with E-state index >= 15 is 0 Å². The highest BCUT2D eigenvalue weighted by Gasteiger charge is 2.40. The smallest absolute Gasteiger partial charge is 0.275 e. The number of phenols is 1. The molecule has 0 aliphatic heterocycles. The lowest BCUT2D eigenvalue weighted by atomic mass is 9.86. The Labute approximate surface area is 129 Å². The molecule has 2 N–H and O–H groups in total. The van der Waals surface area contributed by atoms with Crippen molar-refractivity contribution >= 4 is 23.2 Å². The number of hydrogen-bond donors (Lipinski definition) is 2. The topological polar surface area (TPSA) is 61.7 Å². The van der Waals surface area contributed by atoms with Crippen LogP contribution in [-0.4, -0.2) is 16.7 Å². The lowest BCUT2D eigenvalue weighted by Crippen LogP contribution is -2.24. The molecule has 1 amide bonds. The van der Waals surface area contributed by atoms with Crippen molar-refractivity contribution in [2.75, 3.05) is 0 Å². The van der Waals surface area contributed by atoms with E-state index < -0.39 is 5.91 Å². The van der Waals surface area contributed by atoms with E-state index in [0.29, 0.717) is 10.9 Å². The molecule has 0 saturated heterocycles. The molecule has 2 bridgehead atoms. The summed E-state index contributed by atoms with van der Waals surface area (Å²) >= 11 is 5.84. The fraction of sp³-hybridized carbons (Fsp3) is 0.500. The summed E-state index contributed by atoms with van der Waals surface area (Å²) < 4.78 is 0. The van der Waals surface area contributed by atoms with Crippen molar-refractivity contribution < 1.29 is 9.90 Å². The van der Waals surface area contributed by atoms with Gasteiger partial charge in [-0.1, -0.05) is 18.0 Å². The molecule has 0 heterocycles. The van der Waals surface area contributed by atoms with Gasteiger partial charge < -0.3 is 5.11 Å². The second-order valence-electron chi connectivity index (χ2n) is 6.14. The maximum Gasteiger partial charge on any atom is 0.275 e. The van der Waals surface area contributed by atoms with Crippen LogP contribution in [0.4, 0.5) is 0 Å². The highest BCUT2D eigenvalue weighted by molar-refractivity contribution is 6.31. The van der Waals surface area contributed by atoms with E-state index in [9.17, 15) is 9.90 Å². The van der Waals surface area contributed by atoms with Crippen molar-refractivity contribution in [1.29, 1.82) is 0 Å². The minimum absolute atomic E-state index is 0.0929. The molecular formula is C16H19ClN2O2. The summed E-state index contributed by atoms with van der Waals surface area (Å²) in [6.07, 6.45) is 5.13. The third kappa shape index (κ3) is 2.91. The van der Waals surface area contributed by atoms with E-state index in [4.69, 9.17) is 11.6 Å². The zero-order valence-corrected chi connectivity index (χ0v) is 12.7. The van der Waals surface area contributed by atoms with Gasteiger partial charge in [-0.15, -0.1) is 0 Å². The Morgan fingerprint density at radius 3 is 2.86 bits per heavy atom. The fourth-order valence-electron chi connectivity index (χ4n) is 3.73. The Morgan fingerprint density at radius 1 is 1.38 bits per heavy atom.